The number of aromatic nitrogens is 2. The molecule has 4 rings (SSSR count). The van der Waals surface area contributed by atoms with Crippen molar-refractivity contribution in [1.82, 2.24) is 9.78 Å². The predicted molar refractivity (Wildman–Crippen MR) is 148 cm³/mol. The first kappa shape index (κ1) is 29.4. The zero-order valence-corrected chi connectivity index (χ0v) is 23.2. The van der Waals surface area contributed by atoms with Gasteiger partial charge in [-0.15, -0.1) is 0 Å². The molecule has 0 radical (unpaired) electrons. The van der Waals surface area contributed by atoms with Gasteiger partial charge in [0.2, 0.25) is 0 Å². The van der Waals surface area contributed by atoms with Gasteiger partial charge in [-0.3, -0.25) is 4.72 Å². The Morgan fingerprint density at radius 3 is 2.20 bits per heavy atom. The minimum Gasteiger partial charge on any atom is -0.476 e. The summed E-state index contributed by atoms with van der Waals surface area (Å²) in [6, 6.07) is 17.1. The molecule has 0 aliphatic carbocycles. The summed E-state index contributed by atoms with van der Waals surface area (Å²) in [5.41, 5.74) is -3.12. The summed E-state index contributed by atoms with van der Waals surface area (Å²) in [5.74, 6) is -1.22. The highest BCUT2D eigenvalue weighted by molar-refractivity contribution is 7.93. The van der Waals surface area contributed by atoms with Crippen molar-refractivity contribution in [2.24, 2.45) is 0 Å². The Labute approximate surface area is 238 Å². The third-order valence-corrected chi connectivity index (χ3v) is 7.74. The third kappa shape index (κ3) is 5.96. The number of nitrogens with zero attached hydrogens (tertiary/aromatic N) is 2. The van der Waals surface area contributed by atoms with Crippen molar-refractivity contribution in [2.45, 2.75) is 31.7 Å². The Bertz CT molecular complexity index is 1650. The van der Waals surface area contributed by atoms with E-state index < -0.39 is 21.5 Å². The van der Waals surface area contributed by atoms with Crippen molar-refractivity contribution in [3.63, 3.8) is 0 Å². The van der Waals surface area contributed by atoms with E-state index in [-0.39, 0.29) is 39.1 Å². The van der Waals surface area contributed by atoms with E-state index in [0.29, 0.717) is 35.2 Å². The molecule has 2 N–H and O–H groups in total. The van der Waals surface area contributed by atoms with Gasteiger partial charge in [0.25, 0.3) is 0 Å². The van der Waals surface area contributed by atoms with Crippen molar-refractivity contribution in [3.8, 4) is 16.8 Å². The molecule has 0 spiro atoms. The number of carboxylic acid groups (broad SMARTS) is 1. The van der Waals surface area contributed by atoms with Crippen LogP contribution in [0.15, 0.2) is 66.7 Å². The van der Waals surface area contributed by atoms with Gasteiger partial charge in [-0.2, -0.15) is 26.7 Å². The summed E-state index contributed by atoms with van der Waals surface area (Å²) in [6.07, 6.45) is 1.38. The van der Waals surface area contributed by atoms with Gasteiger partial charge in [-0.05, 0) is 35.7 Å². The fourth-order valence-electron chi connectivity index (χ4n) is 4.22. The maximum absolute atomic E-state index is 12.9. The van der Waals surface area contributed by atoms with Crippen LogP contribution in [0.3, 0.4) is 0 Å². The van der Waals surface area contributed by atoms with Crippen LogP contribution in [0.2, 0.25) is 10.0 Å². The maximum Gasteiger partial charge on any atom is 0.516 e. The van der Waals surface area contributed by atoms with E-state index in [1.54, 1.807) is 53.3 Å². The summed E-state index contributed by atoms with van der Waals surface area (Å²) < 4.78 is 65.0. The zero-order chi connectivity index (χ0) is 29.2. The van der Waals surface area contributed by atoms with Crippen LogP contribution in [-0.2, 0) is 22.9 Å². The Kier molecular flexibility index (Phi) is 8.48. The fourth-order valence-corrected chi connectivity index (χ4v) is 5.37. The van der Waals surface area contributed by atoms with Crippen LogP contribution in [0.5, 0.6) is 0 Å². The normalized spacial score (nSPS) is 11.9. The molecule has 0 saturated heterocycles. The third-order valence-electron chi connectivity index (χ3n) is 6.03. The summed E-state index contributed by atoms with van der Waals surface area (Å²) in [5, 5.41) is 15.2. The fraction of sp³-hybridized carbons (Fsp3) is 0.185. The average Bonchev–Trinajstić information content (AvgIpc) is 3.21. The number of sulfonamides is 1. The second kappa shape index (κ2) is 11.5. The molecule has 3 aromatic carbocycles. The van der Waals surface area contributed by atoms with E-state index in [4.69, 9.17) is 23.2 Å². The van der Waals surface area contributed by atoms with Gasteiger partial charge < -0.3 is 5.11 Å². The Hall–Kier alpha value is -3.54. The van der Waals surface area contributed by atoms with Gasteiger partial charge in [0.1, 0.15) is 5.69 Å². The number of aromatic carboxylic acids is 1. The second-order valence-corrected chi connectivity index (χ2v) is 11.3. The lowest BCUT2D eigenvalue weighted by molar-refractivity contribution is -0.0429. The Balaban J connectivity index is 1.73. The largest absolute Gasteiger partial charge is 0.516 e. The topological polar surface area (TPSA) is 101 Å². The van der Waals surface area contributed by atoms with Gasteiger partial charge in [0.15, 0.2) is 5.69 Å². The van der Waals surface area contributed by atoms with E-state index in [1.165, 1.54) is 22.9 Å². The lowest BCUT2D eigenvalue weighted by Gasteiger charge is -2.14. The average molecular weight is 612 g/mol. The number of halogens is 5. The molecular formula is C27H22Cl2F3N3O4S. The number of carbonyl (C=O) groups is 1. The molecule has 1 heterocycles. The SMILES string of the molecule is CCCc1nn(-c2c(Cl)cccc2Cl)c(C(=O)O)c1Cc1ccc(-c2ccccc2NS(=O)(=O)C(F)(F)F)cc1. The molecule has 0 unspecified atom stereocenters. The first-order valence-corrected chi connectivity index (χ1v) is 14.1. The van der Waals surface area contributed by atoms with Crippen LogP contribution in [0.1, 0.15) is 40.7 Å². The smallest absolute Gasteiger partial charge is 0.476 e. The number of hydrogen-bond acceptors (Lipinski definition) is 4. The molecule has 1 aromatic heterocycles. The van der Waals surface area contributed by atoms with Crippen LogP contribution < -0.4 is 4.72 Å². The Morgan fingerprint density at radius 2 is 1.62 bits per heavy atom. The minimum atomic E-state index is -5.61. The van der Waals surface area contributed by atoms with E-state index >= 15 is 0 Å². The molecule has 0 fully saturated rings. The number of nitrogens with one attached hydrogen (secondary N) is 1. The number of hydrogen-bond donors (Lipinski definition) is 2. The molecule has 0 aliphatic heterocycles. The Morgan fingerprint density at radius 1 is 1.00 bits per heavy atom. The van der Waals surface area contributed by atoms with Gasteiger partial charge >= 0.3 is 21.5 Å². The number of carboxylic acids is 1. The van der Waals surface area contributed by atoms with E-state index in [0.717, 1.165) is 0 Å². The van der Waals surface area contributed by atoms with Crippen LogP contribution >= 0.6 is 23.2 Å². The van der Waals surface area contributed by atoms with Gasteiger partial charge in [-0.25, -0.2) is 9.48 Å². The van der Waals surface area contributed by atoms with Crippen molar-refractivity contribution in [1.29, 1.82) is 0 Å². The van der Waals surface area contributed by atoms with E-state index in [9.17, 15) is 31.5 Å². The van der Waals surface area contributed by atoms with Crippen molar-refractivity contribution in [2.75, 3.05) is 4.72 Å². The number of para-hydroxylation sites is 2. The molecule has 0 aliphatic rings. The van der Waals surface area contributed by atoms with Gasteiger partial charge in [0, 0.05) is 17.5 Å². The highest BCUT2D eigenvalue weighted by Crippen LogP contribution is 2.34. The molecule has 7 nitrogen and oxygen atoms in total. The molecule has 0 atom stereocenters. The predicted octanol–water partition coefficient (Wildman–Crippen LogP) is 7.35. The summed E-state index contributed by atoms with van der Waals surface area (Å²) >= 11 is 12.7. The quantitative estimate of drug-likeness (QED) is 0.206. The number of benzene rings is 3. The summed E-state index contributed by atoms with van der Waals surface area (Å²) in [6.45, 7) is 1.94. The first-order valence-electron chi connectivity index (χ1n) is 11.9. The van der Waals surface area contributed by atoms with E-state index in [2.05, 4.69) is 5.10 Å². The lowest BCUT2D eigenvalue weighted by Crippen LogP contribution is -2.30. The zero-order valence-electron chi connectivity index (χ0n) is 20.8. The minimum absolute atomic E-state index is 0.0885. The van der Waals surface area contributed by atoms with Crippen molar-refractivity contribution < 1.29 is 31.5 Å². The number of alkyl halides is 3. The second-order valence-electron chi connectivity index (χ2n) is 8.78. The first-order chi connectivity index (χ1) is 18.8. The molecule has 4 aromatic rings. The molecule has 0 bridgehead atoms. The molecule has 0 saturated carbocycles. The molecule has 40 heavy (non-hydrogen) atoms. The highest BCUT2D eigenvalue weighted by atomic mass is 35.5. The van der Waals surface area contributed by atoms with Crippen molar-refractivity contribution in [3.05, 3.63) is 99.3 Å². The van der Waals surface area contributed by atoms with Crippen LogP contribution in [0.4, 0.5) is 18.9 Å². The van der Waals surface area contributed by atoms with Crippen LogP contribution in [0.25, 0.3) is 16.8 Å². The molecule has 13 heteroatoms. The van der Waals surface area contributed by atoms with Crippen molar-refractivity contribution >= 4 is 44.9 Å². The highest BCUT2D eigenvalue weighted by Gasteiger charge is 2.46. The number of aryl methyl sites for hydroxylation is 1. The number of anilines is 1. The maximum atomic E-state index is 12.9. The molecule has 0 amide bonds. The molecular weight excluding hydrogens is 590 g/mol. The van der Waals surface area contributed by atoms with Crippen LogP contribution in [0, 0.1) is 0 Å². The summed E-state index contributed by atoms with van der Waals surface area (Å²) in [7, 11) is -5.61. The van der Waals surface area contributed by atoms with Gasteiger partial charge in [0.05, 0.1) is 21.4 Å². The van der Waals surface area contributed by atoms with E-state index in [1.807, 2.05) is 6.92 Å². The molecule has 210 valence electrons. The van der Waals surface area contributed by atoms with Gasteiger partial charge in [-0.1, -0.05) is 85.1 Å². The van der Waals surface area contributed by atoms with Crippen LogP contribution in [-0.4, -0.2) is 34.8 Å². The number of rotatable bonds is 9. The summed E-state index contributed by atoms with van der Waals surface area (Å²) in [4.78, 5) is 12.4. The lowest BCUT2D eigenvalue weighted by atomic mass is 9.97. The monoisotopic (exact) mass is 611 g/mol. The standard InChI is InChI=1S/C27H22Cl2F3N3O4S/c1-2-6-22-19(24(26(36)37)35(33-22)25-20(28)8-5-9-21(25)29)15-16-11-13-17(14-12-16)18-7-3-4-10-23(18)34-40(38,39)27(30,31)32/h3-5,7-14,34H,2,6,15H2,1H3,(H,36,37).